The molecule has 3 aromatic heterocycles. The van der Waals surface area contributed by atoms with Crippen molar-refractivity contribution in [3.8, 4) is 17.2 Å². The Morgan fingerprint density at radius 1 is 1.25 bits per heavy atom. The molecular weight excluding hydrogens is 352 g/mol. The summed E-state index contributed by atoms with van der Waals surface area (Å²) in [6, 6.07) is 11.8. The van der Waals surface area contributed by atoms with Crippen molar-refractivity contribution in [3.05, 3.63) is 48.9 Å². The van der Waals surface area contributed by atoms with Gasteiger partial charge in [-0.15, -0.1) is 0 Å². The number of nitrogens with one attached hydrogen (secondary N) is 2. The van der Waals surface area contributed by atoms with Crippen LogP contribution in [0.5, 0.6) is 0 Å². The van der Waals surface area contributed by atoms with E-state index >= 15 is 0 Å². The van der Waals surface area contributed by atoms with Crippen LogP contribution in [0.2, 0.25) is 0 Å². The molecule has 7 heteroatoms. The van der Waals surface area contributed by atoms with Crippen molar-refractivity contribution < 1.29 is 4.79 Å². The van der Waals surface area contributed by atoms with E-state index in [1.807, 2.05) is 36.5 Å². The fourth-order valence-corrected chi connectivity index (χ4v) is 3.57. The predicted octanol–water partition coefficient (Wildman–Crippen LogP) is 3.46. The fraction of sp³-hybridized carbons (Fsp3) is 0.143. The standard InChI is InChI=1S/C21H16N6O/c22-9-13-6-16(13)21(28)27-19-8-12-5-11(7-18(23)17(12)10-26-19)14-1-3-24-20-15(14)2-4-25-20/h1-5,7-8,10,13,16H,6,23H2,(H,24,25)(H,26,27,28). The molecule has 5 rings (SSSR count). The number of pyridine rings is 2. The number of nitrogens with zero attached hydrogens (tertiary/aromatic N) is 3. The minimum atomic E-state index is -0.238. The summed E-state index contributed by atoms with van der Waals surface area (Å²) in [7, 11) is 0. The van der Waals surface area contributed by atoms with Crippen LogP contribution in [0.25, 0.3) is 32.9 Å². The number of nitrogens with two attached hydrogens (primary N) is 1. The number of nitriles is 1. The Bertz CT molecular complexity index is 1290. The molecule has 2 unspecified atom stereocenters. The first-order valence-electron chi connectivity index (χ1n) is 8.96. The second-order valence-corrected chi connectivity index (χ2v) is 7.02. The number of benzene rings is 1. The van der Waals surface area contributed by atoms with Crippen molar-refractivity contribution in [1.29, 1.82) is 5.26 Å². The van der Waals surface area contributed by atoms with Gasteiger partial charge in [0.15, 0.2) is 0 Å². The van der Waals surface area contributed by atoms with Gasteiger partial charge in [-0.25, -0.2) is 9.97 Å². The quantitative estimate of drug-likeness (QED) is 0.478. The van der Waals surface area contributed by atoms with Gasteiger partial charge in [0.1, 0.15) is 11.5 Å². The molecule has 0 bridgehead atoms. The molecule has 1 saturated carbocycles. The van der Waals surface area contributed by atoms with Gasteiger partial charge in [-0.2, -0.15) is 5.26 Å². The lowest BCUT2D eigenvalue weighted by atomic mass is 9.99. The molecule has 28 heavy (non-hydrogen) atoms. The van der Waals surface area contributed by atoms with E-state index in [4.69, 9.17) is 11.0 Å². The van der Waals surface area contributed by atoms with Gasteiger partial charge in [0.05, 0.1) is 17.9 Å². The Labute approximate surface area is 160 Å². The summed E-state index contributed by atoms with van der Waals surface area (Å²) >= 11 is 0. The second kappa shape index (κ2) is 6.06. The largest absolute Gasteiger partial charge is 0.398 e. The number of amides is 1. The summed E-state index contributed by atoms with van der Waals surface area (Å²) in [6.07, 6.45) is 5.89. The van der Waals surface area contributed by atoms with Crippen molar-refractivity contribution in [3.63, 3.8) is 0 Å². The van der Waals surface area contributed by atoms with Gasteiger partial charge in [0.2, 0.25) is 5.91 Å². The highest BCUT2D eigenvalue weighted by molar-refractivity contribution is 6.02. The number of H-pyrrole nitrogens is 1. The van der Waals surface area contributed by atoms with E-state index in [2.05, 4.69) is 26.3 Å². The van der Waals surface area contributed by atoms with Gasteiger partial charge >= 0.3 is 0 Å². The summed E-state index contributed by atoms with van der Waals surface area (Å²) in [5, 5.41) is 14.4. The molecule has 136 valence electrons. The molecule has 1 amide bonds. The van der Waals surface area contributed by atoms with Crippen LogP contribution in [0.3, 0.4) is 0 Å². The Balaban J connectivity index is 1.55. The van der Waals surface area contributed by atoms with Crippen LogP contribution >= 0.6 is 0 Å². The average Bonchev–Trinajstić information content (AvgIpc) is 3.34. The van der Waals surface area contributed by atoms with Crippen molar-refractivity contribution in [2.75, 3.05) is 11.1 Å². The van der Waals surface area contributed by atoms with Crippen LogP contribution in [0.15, 0.2) is 48.9 Å². The van der Waals surface area contributed by atoms with E-state index in [1.165, 1.54) is 0 Å². The highest BCUT2D eigenvalue weighted by Crippen LogP contribution is 2.39. The predicted molar refractivity (Wildman–Crippen MR) is 107 cm³/mol. The minimum absolute atomic E-state index is 0.161. The van der Waals surface area contributed by atoms with Crippen LogP contribution in [0.4, 0.5) is 11.5 Å². The van der Waals surface area contributed by atoms with Gasteiger partial charge in [-0.1, -0.05) is 0 Å². The molecule has 1 aliphatic rings. The van der Waals surface area contributed by atoms with Crippen molar-refractivity contribution in [1.82, 2.24) is 15.0 Å². The molecule has 1 aromatic carbocycles. The fourth-order valence-electron chi connectivity index (χ4n) is 3.57. The van der Waals surface area contributed by atoms with Crippen LogP contribution in [-0.2, 0) is 4.79 Å². The number of rotatable bonds is 3. The third-order valence-corrected chi connectivity index (χ3v) is 5.18. The zero-order valence-corrected chi connectivity index (χ0v) is 14.8. The molecule has 0 spiro atoms. The number of carbonyl (C=O) groups excluding carboxylic acids is 1. The Hall–Kier alpha value is -3.92. The average molecular weight is 368 g/mol. The lowest BCUT2D eigenvalue weighted by Gasteiger charge is -2.10. The normalized spacial score (nSPS) is 18.1. The molecule has 0 radical (unpaired) electrons. The maximum Gasteiger partial charge on any atom is 0.230 e. The SMILES string of the molecule is N#CC1CC1C(=O)Nc1cc2cc(-c3ccnc4[nH]ccc34)cc(N)c2cn1. The van der Waals surface area contributed by atoms with Gasteiger partial charge in [0, 0.05) is 35.1 Å². The van der Waals surface area contributed by atoms with Crippen LogP contribution in [0, 0.1) is 23.2 Å². The van der Waals surface area contributed by atoms with E-state index in [9.17, 15) is 4.79 Å². The van der Waals surface area contributed by atoms with E-state index < -0.39 is 0 Å². The molecule has 1 aliphatic carbocycles. The maximum absolute atomic E-state index is 12.2. The molecule has 0 saturated heterocycles. The second-order valence-electron chi connectivity index (χ2n) is 7.02. The highest BCUT2D eigenvalue weighted by atomic mass is 16.2. The number of nitrogen functional groups attached to an aromatic ring is 1. The maximum atomic E-state index is 12.2. The number of hydrogen-bond acceptors (Lipinski definition) is 5. The lowest BCUT2D eigenvalue weighted by molar-refractivity contribution is -0.117. The van der Waals surface area contributed by atoms with Crippen LogP contribution in [-0.4, -0.2) is 20.9 Å². The number of carbonyl (C=O) groups is 1. The number of aromatic amines is 1. The minimum Gasteiger partial charge on any atom is -0.398 e. The Morgan fingerprint density at radius 2 is 2.14 bits per heavy atom. The van der Waals surface area contributed by atoms with Gasteiger partial charge < -0.3 is 16.0 Å². The summed E-state index contributed by atoms with van der Waals surface area (Å²) in [4.78, 5) is 24.0. The van der Waals surface area contributed by atoms with Crippen LogP contribution < -0.4 is 11.1 Å². The number of hydrogen-bond donors (Lipinski definition) is 3. The lowest BCUT2D eigenvalue weighted by Crippen LogP contribution is -2.15. The number of fused-ring (bicyclic) bond motifs is 2. The molecule has 0 aliphatic heterocycles. The summed E-state index contributed by atoms with van der Waals surface area (Å²) in [6.45, 7) is 0. The first-order chi connectivity index (χ1) is 13.6. The van der Waals surface area contributed by atoms with Crippen molar-refractivity contribution >= 4 is 39.2 Å². The van der Waals surface area contributed by atoms with Crippen molar-refractivity contribution in [2.45, 2.75) is 6.42 Å². The molecule has 7 nitrogen and oxygen atoms in total. The first kappa shape index (κ1) is 16.3. The number of anilines is 2. The van der Waals surface area contributed by atoms with Gasteiger partial charge in [-0.3, -0.25) is 4.79 Å². The summed E-state index contributed by atoms with van der Waals surface area (Å²) in [5.74, 6) is -0.124. The third kappa shape index (κ3) is 2.63. The smallest absolute Gasteiger partial charge is 0.230 e. The Morgan fingerprint density at radius 3 is 2.96 bits per heavy atom. The summed E-state index contributed by atoms with van der Waals surface area (Å²) < 4.78 is 0. The number of aromatic nitrogens is 3. The van der Waals surface area contributed by atoms with Crippen LogP contribution in [0.1, 0.15) is 6.42 Å². The van der Waals surface area contributed by atoms with E-state index in [-0.39, 0.29) is 17.7 Å². The van der Waals surface area contributed by atoms with E-state index in [1.54, 1.807) is 12.4 Å². The molecule has 4 aromatic rings. The molecular formula is C21H16N6O. The van der Waals surface area contributed by atoms with Gasteiger partial charge in [-0.05, 0) is 53.3 Å². The molecule has 4 N–H and O–H groups in total. The monoisotopic (exact) mass is 368 g/mol. The molecule has 3 heterocycles. The van der Waals surface area contributed by atoms with E-state index in [0.29, 0.717) is 17.9 Å². The first-order valence-corrected chi connectivity index (χ1v) is 8.96. The van der Waals surface area contributed by atoms with E-state index in [0.717, 1.165) is 32.9 Å². The van der Waals surface area contributed by atoms with Gasteiger partial charge in [0.25, 0.3) is 0 Å². The topological polar surface area (TPSA) is 120 Å². The third-order valence-electron chi connectivity index (χ3n) is 5.18. The zero-order chi connectivity index (χ0) is 19.3. The molecule has 1 fully saturated rings. The molecule has 2 atom stereocenters. The Kier molecular flexibility index (Phi) is 3.52. The van der Waals surface area contributed by atoms with Crippen molar-refractivity contribution in [2.24, 2.45) is 11.8 Å². The summed E-state index contributed by atoms with van der Waals surface area (Å²) in [5.41, 5.74) is 9.69. The zero-order valence-electron chi connectivity index (χ0n) is 14.8. The highest BCUT2D eigenvalue weighted by Gasteiger charge is 2.43.